The minimum absolute atomic E-state index is 0.0537. The molecule has 22 heavy (non-hydrogen) atoms. The first kappa shape index (κ1) is 14.5. The van der Waals surface area contributed by atoms with E-state index >= 15 is 0 Å². The number of halogens is 2. The standard InChI is InChI=1S/C15H9BrFNO4/c16-13-6-5-12(22-13)15(19)21-8-11-7-20-14(18-11)9-1-3-10(17)4-2-9/h1-7H,8H2. The molecule has 112 valence electrons. The molecule has 0 saturated heterocycles. The van der Waals surface area contributed by atoms with Gasteiger partial charge in [-0.3, -0.25) is 0 Å². The van der Waals surface area contributed by atoms with E-state index in [4.69, 9.17) is 13.6 Å². The van der Waals surface area contributed by atoms with Gasteiger partial charge in [-0.25, -0.2) is 14.2 Å². The number of nitrogens with zero attached hydrogens (tertiary/aromatic N) is 1. The topological polar surface area (TPSA) is 65.5 Å². The Labute approximate surface area is 132 Å². The number of rotatable bonds is 4. The van der Waals surface area contributed by atoms with Crippen molar-refractivity contribution in [2.75, 3.05) is 0 Å². The van der Waals surface area contributed by atoms with Crippen molar-refractivity contribution >= 4 is 21.9 Å². The van der Waals surface area contributed by atoms with Crippen LogP contribution in [0.5, 0.6) is 0 Å². The highest BCUT2D eigenvalue weighted by molar-refractivity contribution is 9.10. The smallest absolute Gasteiger partial charge is 0.374 e. The minimum atomic E-state index is -0.600. The Hall–Kier alpha value is -2.41. The lowest BCUT2D eigenvalue weighted by Gasteiger charge is -1.99. The molecule has 0 unspecified atom stereocenters. The maximum Gasteiger partial charge on any atom is 0.374 e. The van der Waals surface area contributed by atoms with Crippen molar-refractivity contribution in [2.24, 2.45) is 0 Å². The van der Waals surface area contributed by atoms with Gasteiger partial charge in [-0.05, 0) is 52.3 Å². The van der Waals surface area contributed by atoms with Gasteiger partial charge in [0.2, 0.25) is 11.7 Å². The number of benzene rings is 1. The number of carbonyl (C=O) groups excluding carboxylic acids is 1. The monoisotopic (exact) mass is 365 g/mol. The molecular weight excluding hydrogens is 357 g/mol. The van der Waals surface area contributed by atoms with E-state index in [1.807, 2.05) is 0 Å². The maximum absolute atomic E-state index is 12.9. The third-order valence-electron chi connectivity index (χ3n) is 2.77. The third-order valence-corrected chi connectivity index (χ3v) is 3.19. The van der Waals surface area contributed by atoms with Crippen molar-refractivity contribution < 1.29 is 22.8 Å². The summed E-state index contributed by atoms with van der Waals surface area (Å²) in [5, 5.41) is 0. The molecule has 3 rings (SSSR count). The van der Waals surface area contributed by atoms with Crippen LogP contribution in [0.15, 0.2) is 56.2 Å². The lowest BCUT2D eigenvalue weighted by Crippen LogP contribution is -2.04. The fourth-order valence-corrected chi connectivity index (χ4v) is 2.04. The van der Waals surface area contributed by atoms with Gasteiger partial charge < -0.3 is 13.6 Å². The molecule has 0 aliphatic rings. The van der Waals surface area contributed by atoms with E-state index in [1.165, 1.54) is 24.5 Å². The molecule has 1 aromatic carbocycles. The average Bonchev–Trinajstić information content (AvgIpc) is 3.15. The number of furan rings is 1. The second-order valence-corrected chi connectivity index (χ2v) is 5.11. The molecule has 5 nitrogen and oxygen atoms in total. The lowest BCUT2D eigenvalue weighted by atomic mass is 10.2. The number of hydrogen-bond acceptors (Lipinski definition) is 5. The van der Waals surface area contributed by atoms with Crippen LogP contribution in [0.1, 0.15) is 16.2 Å². The van der Waals surface area contributed by atoms with Crippen LogP contribution in [0, 0.1) is 5.82 Å². The van der Waals surface area contributed by atoms with E-state index in [2.05, 4.69) is 20.9 Å². The van der Waals surface area contributed by atoms with Crippen molar-refractivity contribution in [3.05, 3.63) is 64.6 Å². The van der Waals surface area contributed by atoms with Crippen molar-refractivity contribution in [1.29, 1.82) is 0 Å². The van der Waals surface area contributed by atoms with Crippen LogP contribution in [-0.4, -0.2) is 11.0 Å². The van der Waals surface area contributed by atoms with Crippen molar-refractivity contribution in [2.45, 2.75) is 6.61 Å². The molecule has 0 fully saturated rings. The third kappa shape index (κ3) is 3.25. The molecule has 0 aliphatic carbocycles. The molecule has 0 atom stereocenters. The number of oxazole rings is 1. The SMILES string of the molecule is O=C(OCc1coc(-c2ccc(F)cc2)n1)c1ccc(Br)o1. The highest BCUT2D eigenvalue weighted by Crippen LogP contribution is 2.20. The average molecular weight is 366 g/mol. The predicted molar refractivity (Wildman–Crippen MR) is 77.4 cm³/mol. The molecule has 7 heteroatoms. The zero-order valence-corrected chi connectivity index (χ0v) is 12.7. The number of hydrogen-bond donors (Lipinski definition) is 0. The van der Waals surface area contributed by atoms with Gasteiger partial charge in [-0.2, -0.15) is 0 Å². The summed E-state index contributed by atoms with van der Waals surface area (Å²) in [7, 11) is 0. The first-order chi connectivity index (χ1) is 10.6. The van der Waals surface area contributed by atoms with Gasteiger partial charge in [-0.15, -0.1) is 0 Å². The lowest BCUT2D eigenvalue weighted by molar-refractivity contribution is 0.0429. The van der Waals surface area contributed by atoms with Crippen LogP contribution in [0.3, 0.4) is 0 Å². The summed E-state index contributed by atoms with van der Waals surface area (Å²) in [5.74, 6) is -0.521. The van der Waals surface area contributed by atoms with Crippen LogP contribution >= 0.6 is 15.9 Å². The molecule has 0 radical (unpaired) electrons. The van der Waals surface area contributed by atoms with E-state index in [0.29, 0.717) is 21.8 Å². The van der Waals surface area contributed by atoms with E-state index in [0.717, 1.165) is 0 Å². The van der Waals surface area contributed by atoms with E-state index in [1.54, 1.807) is 18.2 Å². The summed E-state index contributed by atoms with van der Waals surface area (Å²) in [6.45, 7) is -0.0537. The highest BCUT2D eigenvalue weighted by atomic mass is 79.9. The molecule has 0 aliphatic heterocycles. The molecule has 0 N–H and O–H groups in total. The second kappa shape index (κ2) is 6.15. The van der Waals surface area contributed by atoms with E-state index in [9.17, 15) is 9.18 Å². The maximum atomic E-state index is 12.9. The predicted octanol–water partition coefficient (Wildman–Crippen LogP) is 4.19. The van der Waals surface area contributed by atoms with E-state index < -0.39 is 5.97 Å². The van der Waals surface area contributed by atoms with E-state index in [-0.39, 0.29) is 18.2 Å². The van der Waals surface area contributed by atoms with Crippen molar-refractivity contribution in [3.63, 3.8) is 0 Å². The molecule has 3 aromatic rings. The van der Waals surface area contributed by atoms with Crippen LogP contribution in [0.4, 0.5) is 4.39 Å². The zero-order valence-electron chi connectivity index (χ0n) is 11.1. The number of aromatic nitrogens is 1. The largest absolute Gasteiger partial charge is 0.453 e. The van der Waals surface area contributed by atoms with Crippen molar-refractivity contribution in [3.8, 4) is 11.5 Å². The molecule has 0 spiro atoms. The van der Waals surface area contributed by atoms with Gasteiger partial charge in [0.25, 0.3) is 0 Å². The Morgan fingerprint density at radius 3 is 2.68 bits per heavy atom. The molecule has 2 heterocycles. The van der Waals surface area contributed by atoms with Gasteiger partial charge in [0.15, 0.2) is 4.67 Å². The van der Waals surface area contributed by atoms with Crippen LogP contribution in [0.25, 0.3) is 11.5 Å². The zero-order chi connectivity index (χ0) is 15.5. The Balaban J connectivity index is 1.64. The Morgan fingerprint density at radius 1 is 1.23 bits per heavy atom. The molecular formula is C15H9BrFNO4. The summed E-state index contributed by atoms with van der Waals surface area (Å²) in [6, 6.07) is 8.83. The number of esters is 1. The van der Waals surface area contributed by atoms with Crippen LogP contribution in [-0.2, 0) is 11.3 Å². The summed E-state index contributed by atoms with van der Waals surface area (Å²) >= 11 is 3.10. The van der Waals surface area contributed by atoms with Gasteiger partial charge in [-0.1, -0.05) is 0 Å². The van der Waals surface area contributed by atoms with Crippen LogP contribution < -0.4 is 0 Å². The summed E-state index contributed by atoms with van der Waals surface area (Å²) in [6.07, 6.45) is 1.38. The highest BCUT2D eigenvalue weighted by Gasteiger charge is 2.14. The molecule has 0 bridgehead atoms. The number of ether oxygens (including phenoxy) is 1. The minimum Gasteiger partial charge on any atom is -0.453 e. The second-order valence-electron chi connectivity index (χ2n) is 4.33. The van der Waals surface area contributed by atoms with Gasteiger partial charge in [0.05, 0.1) is 0 Å². The van der Waals surface area contributed by atoms with Gasteiger partial charge >= 0.3 is 5.97 Å². The fourth-order valence-electron chi connectivity index (χ4n) is 1.73. The Kier molecular flexibility index (Phi) is 4.06. The summed E-state index contributed by atoms with van der Waals surface area (Å²) in [4.78, 5) is 15.9. The number of carbonyl (C=O) groups is 1. The Morgan fingerprint density at radius 2 is 2.00 bits per heavy atom. The van der Waals surface area contributed by atoms with Gasteiger partial charge in [0, 0.05) is 5.56 Å². The molecule has 2 aromatic heterocycles. The summed E-state index contributed by atoms with van der Waals surface area (Å²) < 4.78 is 28.7. The molecule has 0 amide bonds. The quantitative estimate of drug-likeness (QED) is 0.648. The van der Waals surface area contributed by atoms with Crippen molar-refractivity contribution in [1.82, 2.24) is 4.98 Å². The first-order valence-corrected chi connectivity index (χ1v) is 7.04. The van der Waals surface area contributed by atoms with Crippen LogP contribution in [0.2, 0.25) is 0 Å². The first-order valence-electron chi connectivity index (χ1n) is 6.24. The fraction of sp³-hybridized carbons (Fsp3) is 0.0667. The molecule has 0 saturated carbocycles. The summed E-state index contributed by atoms with van der Waals surface area (Å²) in [5.41, 5.74) is 1.08. The Bertz CT molecular complexity index is 794. The normalized spacial score (nSPS) is 10.6. The van der Waals surface area contributed by atoms with Gasteiger partial charge in [0.1, 0.15) is 24.4 Å².